The van der Waals surface area contributed by atoms with Crippen molar-refractivity contribution in [2.24, 2.45) is 0 Å². The fourth-order valence-electron chi connectivity index (χ4n) is 1.73. The minimum atomic E-state index is -0.904. The summed E-state index contributed by atoms with van der Waals surface area (Å²) in [5.74, 6) is -1.47. The summed E-state index contributed by atoms with van der Waals surface area (Å²) in [6.45, 7) is 3.81. The third-order valence-corrected chi connectivity index (χ3v) is 2.56. The van der Waals surface area contributed by atoms with Crippen molar-refractivity contribution in [1.29, 1.82) is 0 Å². The van der Waals surface area contributed by atoms with E-state index in [0.717, 1.165) is 18.7 Å². The zero-order chi connectivity index (χ0) is 12.3. The summed E-state index contributed by atoms with van der Waals surface area (Å²) in [5.41, 5.74) is 0. The average Bonchev–Trinajstić information content (AvgIpc) is 2.31. The van der Waals surface area contributed by atoms with E-state index in [9.17, 15) is 8.78 Å². The van der Waals surface area contributed by atoms with E-state index in [1.807, 2.05) is 6.92 Å². The van der Waals surface area contributed by atoms with Crippen molar-refractivity contribution in [3.63, 3.8) is 0 Å². The molecule has 1 fully saturated rings. The monoisotopic (exact) mass is 243 g/mol. The van der Waals surface area contributed by atoms with Gasteiger partial charge in [-0.05, 0) is 19.1 Å². The lowest BCUT2D eigenvalue weighted by atomic mass is 10.2. The SMILES string of the molecule is CC1CNCC(COc2ccc(F)c(F)c2)O1. The van der Waals surface area contributed by atoms with Crippen LogP contribution in [0.25, 0.3) is 0 Å². The molecule has 17 heavy (non-hydrogen) atoms. The van der Waals surface area contributed by atoms with Crippen LogP contribution in [0.5, 0.6) is 5.75 Å². The Kier molecular flexibility index (Phi) is 3.91. The Balaban J connectivity index is 1.86. The second kappa shape index (κ2) is 5.42. The molecule has 0 spiro atoms. The lowest BCUT2D eigenvalue weighted by Gasteiger charge is -2.28. The van der Waals surface area contributed by atoms with Crippen LogP contribution in [-0.4, -0.2) is 31.9 Å². The highest BCUT2D eigenvalue weighted by Gasteiger charge is 2.19. The van der Waals surface area contributed by atoms with Gasteiger partial charge in [-0.2, -0.15) is 0 Å². The summed E-state index contributed by atoms with van der Waals surface area (Å²) < 4.78 is 36.6. The van der Waals surface area contributed by atoms with Crippen LogP contribution in [-0.2, 0) is 4.74 Å². The van der Waals surface area contributed by atoms with Crippen molar-refractivity contribution in [2.45, 2.75) is 19.1 Å². The molecule has 5 heteroatoms. The standard InChI is InChI=1S/C12H15F2NO2/c1-8-5-15-6-10(17-8)7-16-9-2-3-11(13)12(14)4-9/h2-4,8,10,15H,5-7H2,1H3. The van der Waals surface area contributed by atoms with Crippen molar-refractivity contribution in [3.05, 3.63) is 29.8 Å². The topological polar surface area (TPSA) is 30.5 Å². The zero-order valence-corrected chi connectivity index (χ0v) is 9.58. The molecule has 1 aromatic rings. The number of rotatable bonds is 3. The fourth-order valence-corrected chi connectivity index (χ4v) is 1.73. The normalized spacial score (nSPS) is 24.6. The number of hydrogen-bond donors (Lipinski definition) is 1. The summed E-state index contributed by atoms with van der Waals surface area (Å²) in [6.07, 6.45) is 0.0779. The van der Waals surface area contributed by atoms with Crippen molar-refractivity contribution < 1.29 is 18.3 Å². The van der Waals surface area contributed by atoms with Gasteiger partial charge in [0, 0.05) is 19.2 Å². The molecule has 0 radical (unpaired) electrons. The van der Waals surface area contributed by atoms with Crippen LogP contribution >= 0.6 is 0 Å². The van der Waals surface area contributed by atoms with Gasteiger partial charge in [-0.15, -0.1) is 0 Å². The highest BCUT2D eigenvalue weighted by atomic mass is 19.2. The summed E-state index contributed by atoms with van der Waals surface area (Å²) in [7, 11) is 0. The summed E-state index contributed by atoms with van der Waals surface area (Å²) in [5, 5.41) is 3.20. The summed E-state index contributed by atoms with van der Waals surface area (Å²) in [4.78, 5) is 0. The predicted molar refractivity (Wildman–Crippen MR) is 59.1 cm³/mol. The van der Waals surface area contributed by atoms with Crippen LogP contribution in [0.15, 0.2) is 18.2 Å². The van der Waals surface area contributed by atoms with Crippen molar-refractivity contribution in [2.75, 3.05) is 19.7 Å². The van der Waals surface area contributed by atoms with Crippen molar-refractivity contribution >= 4 is 0 Å². The number of ether oxygens (including phenoxy) is 2. The lowest BCUT2D eigenvalue weighted by molar-refractivity contribution is -0.0470. The molecule has 0 bridgehead atoms. The van der Waals surface area contributed by atoms with Gasteiger partial charge in [0.05, 0.1) is 6.10 Å². The molecule has 0 aliphatic carbocycles. The van der Waals surface area contributed by atoms with Gasteiger partial charge in [-0.1, -0.05) is 0 Å². The first-order chi connectivity index (χ1) is 8.15. The highest BCUT2D eigenvalue weighted by molar-refractivity contribution is 5.23. The van der Waals surface area contributed by atoms with E-state index in [2.05, 4.69) is 5.32 Å². The van der Waals surface area contributed by atoms with Gasteiger partial charge in [0.25, 0.3) is 0 Å². The number of hydrogen-bond acceptors (Lipinski definition) is 3. The maximum atomic E-state index is 12.9. The molecule has 2 unspecified atom stereocenters. The fraction of sp³-hybridized carbons (Fsp3) is 0.500. The second-order valence-corrected chi connectivity index (χ2v) is 4.11. The molecule has 2 rings (SSSR count). The Morgan fingerprint density at radius 3 is 2.88 bits per heavy atom. The highest BCUT2D eigenvalue weighted by Crippen LogP contribution is 2.16. The minimum Gasteiger partial charge on any atom is -0.491 e. The molecule has 1 aromatic carbocycles. The van der Waals surface area contributed by atoms with E-state index in [0.29, 0.717) is 18.9 Å². The molecule has 1 aliphatic heterocycles. The Bertz CT molecular complexity index is 387. The lowest BCUT2D eigenvalue weighted by Crippen LogP contribution is -2.45. The molecule has 0 saturated carbocycles. The van der Waals surface area contributed by atoms with Crippen LogP contribution in [0.4, 0.5) is 8.78 Å². The molecule has 1 aliphatic rings. The van der Waals surface area contributed by atoms with E-state index >= 15 is 0 Å². The van der Waals surface area contributed by atoms with E-state index in [1.165, 1.54) is 6.07 Å². The average molecular weight is 243 g/mol. The largest absolute Gasteiger partial charge is 0.491 e. The number of halogens is 2. The molecule has 2 atom stereocenters. The second-order valence-electron chi connectivity index (χ2n) is 4.11. The smallest absolute Gasteiger partial charge is 0.162 e. The Hall–Kier alpha value is -1.20. The third-order valence-electron chi connectivity index (χ3n) is 2.56. The van der Waals surface area contributed by atoms with E-state index in [-0.39, 0.29) is 12.2 Å². The van der Waals surface area contributed by atoms with Crippen LogP contribution < -0.4 is 10.1 Å². The van der Waals surface area contributed by atoms with Gasteiger partial charge in [0.1, 0.15) is 18.5 Å². The Morgan fingerprint density at radius 2 is 2.18 bits per heavy atom. The Labute approximate surface area is 98.7 Å². The maximum absolute atomic E-state index is 12.9. The number of benzene rings is 1. The molecule has 94 valence electrons. The van der Waals surface area contributed by atoms with Crippen LogP contribution in [0.1, 0.15) is 6.92 Å². The summed E-state index contributed by atoms with van der Waals surface area (Å²) in [6, 6.07) is 3.49. The van der Waals surface area contributed by atoms with E-state index in [4.69, 9.17) is 9.47 Å². The molecular formula is C12H15F2NO2. The molecule has 3 nitrogen and oxygen atoms in total. The molecule has 1 N–H and O–H groups in total. The van der Waals surface area contributed by atoms with Crippen LogP contribution in [0.3, 0.4) is 0 Å². The van der Waals surface area contributed by atoms with E-state index in [1.54, 1.807) is 0 Å². The van der Waals surface area contributed by atoms with Gasteiger partial charge in [0.2, 0.25) is 0 Å². The van der Waals surface area contributed by atoms with Crippen molar-refractivity contribution in [1.82, 2.24) is 5.32 Å². The zero-order valence-electron chi connectivity index (χ0n) is 9.58. The van der Waals surface area contributed by atoms with Crippen LogP contribution in [0.2, 0.25) is 0 Å². The van der Waals surface area contributed by atoms with Gasteiger partial charge < -0.3 is 14.8 Å². The molecular weight excluding hydrogens is 228 g/mol. The first-order valence-electron chi connectivity index (χ1n) is 5.59. The third kappa shape index (κ3) is 3.38. The molecule has 1 heterocycles. The molecule has 0 aromatic heterocycles. The number of nitrogens with one attached hydrogen (secondary N) is 1. The quantitative estimate of drug-likeness (QED) is 0.876. The Morgan fingerprint density at radius 1 is 1.35 bits per heavy atom. The minimum absolute atomic E-state index is 0.0631. The van der Waals surface area contributed by atoms with Gasteiger partial charge in [0.15, 0.2) is 11.6 Å². The predicted octanol–water partition coefficient (Wildman–Crippen LogP) is 1.72. The first kappa shape index (κ1) is 12.3. The van der Waals surface area contributed by atoms with E-state index < -0.39 is 11.6 Å². The van der Waals surface area contributed by atoms with Gasteiger partial charge in [-0.25, -0.2) is 8.78 Å². The maximum Gasteiger partial charge on any atom is 0.162 e. The van der Waals surface area contributed by atoms with Gasteiger partial charge in [-0.3, -0.25) is 0 Å². The number of morpholine rings is 1. The van der Waals surface area contributed by atoms with Crippen molar-refractivity contribution in [3.8, 4) is 5.75 Å². The van der Waals surface area contributed by atoms with Gasteiger partial charge >= 0.3 is 0 Å². The molecule has 0 amide bonds. The molecule has 1 saturated heterocycles. The first-order valence-corrected chi connectivity index (χ1v) is 5.59. The summed E-state index contributed by atoms with van der Waals surface area (Å²) >= 11 is 0. The van der Waals surface area contributed by atoms with Crippen LogP contribution in [0, 0.1) is 11.6 Å².